The van der Waals surface area contributed by atoms with Gasteiger partial charge in [-0.25, -0.2) is 4.79 Å². The molecular weight excluding hydrogens is 254 g/mol. The van der Waals surface area contributed by atoms with Gasteiger partial charge in [0.05, 0.1) is 0 Å². The van der Waals surface area contributed by atoms with Gasteiger partial charge < -0.3 is 9.80 Å². The quantitative estimate of drug-likeness (QED) is 0.789. The summed E-state index contributed by atoms with van der Waals surface area (Å²) < 4.78 is 0. The van der Waals surface area contributed by atoms with E-state index in [1.54, 1.807) is 11.9 Å². The van der Waals surface area contributed by atoms with Crippen molar-refractivity contribution in [2.75, 3.05) is 25.0 Å². The molecule has 1 aromatic carbocycles. The fourth-order valence-corrected chi connectivity index (χ4v) is 3.10. The molecule has 5 nitrogen and oxygen atoms in total. The van der Waals surface area contributed by atoms with E-state index in [9.17, 15) is 9.59 Å². The molecule has 0 atom stereocenters. The molecule has 0 aliphatic carbocycles. The van der Waals surface area contributed by atoms with E-state index in [-0.39, 0.29) is 11.9 Å². The van der Waals surface area contributed by atoms with Gasteiger partial charge in [0, 0.05) is 25.8 Å². The molecule has 106 valence electrons. The number of carbonyl (C=O) groups is 2. The Kier molecular flexibility index (Phi) is 2.92. The van der Waals surface area contributed by atoms with Crippen molar-refractivity contribution in [1.29, 1.82) is 0 Å². The molecule has 0 aromatic heterocycles. The van der Waals surface area contributed by atoms with Crippen molar-refractivity contribution in [2.24, 2.45) is 0 Å². The van der Waals surface area contributed by atoms with E-state index < -0.39 is 5.54 Å². The first-order valence-electron chi connectivity index (χ1n) is 6.94. The van der Waals surface area contributed by atoms with Gasteiger partial charge in [0.1, 0.15) is 5.54 Å². The maximum Gasteiger partial charge on any atom is 0.324 e. The third-order valence-electron chi connectivity index (χ3n) is 4.58. The van der Waals surface area contributed by atoms with Crippen LogP contribution in [0.5, 0.6) is 0 Å². The second-order valence-electron chi connectivity index (χ2n) is 5.67. The van der Waals surface area contributed by atoms with Crippen molar-refractivity contribution in [1.82, 2.24) is 10.2 Å². The zero-order valence-electron chi connectivity index (χ0n) is 11.8. The fraction of sp³-hybridized carbons (Fsp3) is 0.467. The van der Waals surface area contributed by atoms with E-state index in [1.165, 1.54) is 11.3 Å². The number of nitrogens with zero attached hydrogens (tertiary/aromatic N) is 2. The summed E-state index contributed by atoms with van der Waals surface area (Å²) in [6.45, 7) is 3.64. The second-order valence-corrected chi connectivity index (χ2v) is 5.67. The van der Waals surface area contributed by atoms with E-state index in [1.807, 2.05) is 0 Å². The van der Waals surface area contributed by atoms with E-state index in [4.69, 9.17) is 0 Å². The molecule has 0 bridgehead atoms. The Bertz CT molecular complexity index is 545. The number of imide groups is 1. The number of anilines is 1. The largest absolute Gasteiger partial charge is 0.371 e. The Morgan fingerprint density at radius 1 is 1.10 bits per heavy atom. The van der Waals surface area contributed by atoms with Gasteiger partial charge in [-0.05, 0) is 31.9 Å². The Balaban J connectivity index is 1.75. The SMILES string of the molecule is Cc1ccc(N2CCC3(CC2)C(=O)NC(=O)N3C)cc1. The first kappa shape index (κ1) is 13.0. The molecular formula is C15H19N3O2. The zero-order valence-corrected chi connectivity index (χ0v) is 11.8. The van der Waals surface area contributed by atoms with Gasteiger partial charge in [0.25, 0.3) is 5.91 Å². The molecule has 20 heavy (non-hydrogen) atoms. The number of urea groups is 1. The molecule has 2 heterocycles. The Labute approximate surface area is 118 Å². The lowest BCUT2D eigenvalue weighted by molar-refractivity contribution is -0.127. The Morgan fingerprint density at radius 2 is 1.70 bits per heavy atom. The number of carbonyl (C=O) groups excluding carboxylic acids is 2. The predicted octanol–water partition coefficient (Wildman–Crippen LogP) is 1.52. The fourth-order valence-electron chi connectivity index (χ4n) is 3.10. The average molecular weight is 273 g/mol. The molecule has 1 N–H and O–H groups in total. The van der Waals surface area contributed by atoms with Crippen LogP contribution in [0, 0.1) is 6.92 Å². The molecule has 2 aliphatic heterocycles. The minimum absolute atomic E-state index is 0.145. The van der Waals surface area contributed by atoms with E-state index in [2.05, 4.69) is 41.4 Å². The number of aryl methyl sites for hydroxylation is 1. The summed E-state index contributed by atoms with van der Waals surface area (Å²) in [6.07, 6.45) is 1.35. The molecule has 2 aliphatic rings. The van der Waals surface area contributed by atoms with E-state index >= 15 is 0 Å². The monoisotopic (exact) mass is 273 g/mol. The van der Waals surface area contributed by atoms with E-state index in [0.29, 0.717) is 12.8 Å². The highest BCUT2D eigenvalue weighted by Crippen LogP contribution is 2.33. The summed E-state index contributed by atoms with van der Waals surface area (Å²) in [5, 5.41) is 2.42. The van der Waals surface area contributed by atoms with Crippen LogP contribution in [-0.2, 0) is 4.79 Å². The first-order chi connectivity index (χ1) is 9.53. The van der Waals surface area contributed by atoms with Gasteiger partial charge in [-0.15, -0.1) is 0 Å². The lowest BCUT2D eigenvalue weighted by atomic mass is 9.86. The van der Waals surface area contributed by atoms with Crippen molar-refractivity contribution >= 4 is 17.6 Å². The van der Waals surface area contributed by atoms with Crippen LogP contribution in [0.2, 0.25) is 0 Å². The third-order valence-corrected chi connectivity index (χ3v) is 4.58. The summed E-state index contributed by atoms with van der Waals surface area (Å²) in [5.41, 5.74) is 1.78. The maximum absolute atomic E-state index is 12.1. The smallest absolute Gasteiger partial charge is 0.324 e. The highest BCUT2D eigenvalue weighted by atomic mass is 16.2. The van der Waals surface area contributed by atoms with Crippen LogP contribution in [0.3, 0.4) is 0 Å². The van der Waals surface area contributed by atoms with Crippen LogP contribution < -0.4 is 10.2 Å². The van der Waals surface area contributed by atoms with Crippen LogP contribution in [0.25, 0.3) is 0 Å². The molecule has 0 radical (unpaired) electrons. The van der Waals surface area contributed by atoms with Crippen molar-refractivity contribution in [3.63, 3.8) is 0 Å². The Hall–Kier alpha value is -2.04. The molecule has 5 heteroatoms. The molecule has 1 aromatic rings. The second kappa shape index (κ2) is 4.51. The van der Waals surface area contributed by atoms with Gasteiger partial charge >= 0.3 is 6.03 Å². The summed E-state index contributed by atoms with van der Waals surface area (Å²) in [4.78, 5) is 27.5. The van der Waals surface area contributed by atoms with Gasteiger partial charge in [-0.1, -0.05) is 17.7 Å². The average Bonchev–Trinajstić information content (AvgIpc) is 2.65. The molecule has 1 spiro atoms. The minimum Gasteiger partial charge on any atom is -0.371 e. The van der Waals surface area contributed by atoms with Gasteiger partial charge in [0.15, 0.2) is 0 Å². The number of piperidine rings is 1. The van der Waals surface area contributed by atoms with Gasteiger partial charge in [0.2, 0.25) is 0 Å². The number of hydrogen-bond acceptors (Lipinski definition) is 3. The summed E-state index contributed by atoms with van der Waals surface area (Å²) in [7, 11) is 1.71. The van der Waals surface area contributed by atoms with E-state index in [0.717, 1.165) is 13.1 Å². The van der Waals surface area contributed by atoms with Crippen molar-refractivity contribution in [3.8, 4) is 0 Å². The topological polar surface area (TPSA) is 52.7 Å². The number of benzene rings is 1. The van der Waals surface area contributed by atoms with Crippen LogP contribution in [0.15, 0.2) is 24.3 Å². The molecule has 2 saturated heterocycles. The standard InChI is InChI=1S/C15H19N3O2/c1-11-3-5-12(6-4-11)18-9-7-15(8-10-18)13(19)16-14(20)17(15)2/h3-6H,7-10H2,1-2H3,(H,16,19,20). The van der Waals surface area contributed by atoms with Crippen LogP contribution in [0.1, 0.15) is 18.4 Å². The number of amides is 3. The Morgan fingerprint density at radius 3 is 2.20 bits per heavy atom. The third kappa shape index (κ3) is 1.85. The summed E-state index contributed by atoms with van der Waals surface area (Å²) in [5.74, 6) is -0.145. The summed E-state index contributed by atoms with van der Waals surface area (Å²) in [6, 6.07) is 8.13. The first-order valence-corrected chi connectivity index (χ1v) is 6.94. The predicted molar refractivity (Wildman–Crippen MR) is 76.7 cm³/mol. The highest BCUT2D eigenvalue weighted by molar-refractivity contribution is 6.07. The summed E-state index contributed by atoms with van der Waals surface area (Å²) >= 11 is 0. The number of hydrogen-bond donors (Lipinski definition) is 1. The van der Waals surface area contributed by atoms with Gasteiger partial charge in [-0.3, -0.25) is 10.1 Å². The minimum atomic E-state index is -0.641. The highest BCUT2D eigenvalue weighted by Gasteiger charge is 2.52. The zero-order chi connectivity index (χ0) is 14.3. The van der Waals surface area contributed by atoms with Crippen molar-refractivity contribution < 1.29 is 9.59 Å². The van der Waals surface area contributed by atoms with Crippen molar-refractivity contribution in [3.05, 3.63) is 29.8 Å². The van der Waals surface area contributed by atoms with Crippen LogP contribution >= 0.6 is 0 Å². The van der Waals surface area contributed by atoms with Gasteiger partial charge in [-0.2, -0.15) is 0 Å². The van der Waals surface area contributed by atoms with Crippen LogP contribution in [0.4, 0.5) is 10.5 Å². The lowest BCUT2D eigenvalue weighted by Gasteiger charge is -2.41. The van der Waals surface area contributed by atoms with Crippen molar-refractivity contribution in [2.45, 2.75) is 25.3 Å². The molecule has 0 saturated carbocycles. The number of rotatable bonds is 1. The lowest BCUT2D eigenvalue weighted by Crippen LogP contribution is -2.55. The molecule has 0 unspecified atom stereocenters. The normalized spacial score (nSPS) is 21.5. The van der Waals surface area contributed by atoms with Crippen LogP contribution in [-0.4, -0.2) is 42.5 Å². The molecule has 3 rings (SSSR count). The number of likely N-dealkylation sites (N-methyl/N-ethyl adjacent to an activating group) is 1. The number of nitrogens with one attached hydrogen (secondary N) is 1. The molecule has 3 amide bonds. The molecule has 2 fully saturated rings. The maximum atomic E-state index is 12.1.